The highest BCUT2D eigenvalue weighted by Gasteiger charge is 2.28. The highest BCUT2D eigenvalue weighted by atomic mass is 16.7. The standard InChI is InChI=1S/C25H34N2O5.C24H32N2O5/c1-18-23(25(29)30-2)26-24(32-18)21(15-9-14-19-10-5-3-6-11-19)16-22(28)27-31-17-20-12-7-4-8-13-20;1-17-22(24(28)29)25-23(31-17)20(14-8-13-18-9-4-2-5-10-18)15-21(27)26-30-16-19-11-6-3-7-12-19/h4,7-8,12-13,19,21H,3,5-6,9-11,14-17H2,1-2H3,(H,27,28);3,6-7,11-12,18,20H,2,4-5,8-10,13-16H2,1H3,(H,26,27)(H,28,29)/t21-;20-/m11/s1. The van der Waals surface area contributed by atoms with Gasteiger partial charge in [0.15, 0.2) is 23.2 Å². The molecule has 2 fully saturated rings. The second-order valence-corrected chi connectivity index (χ2v) is 17.0. The molecule has 2 heterocycles. The molecule has 0 unspecified atom stereocenters. The fraction of sp³-hybridized carbons (Fsp3) is 0.551. The third-order valence-electron chi connectivity index (χ3n) is 12.1. The first kappa shape index (κ1) is 48.7. The quantitative estimate of drug-likeness (QED) is 0.0501. The Morgan fingerprint density at radius 2 is 1.06 bits per heavy atom. The van der Waals surface area contributed by atoms with Crippen molar-refractivity contribution in [2.75, 3.05) is 7.11 Å². The Bertz CT molecular complexity index is 1990. The Kier molecular flexibility index (Phi) is 20.3. The van der Waals surface area contributed by atoms with Gasteiger partial charge in [0.2, 0.25) is 11.8 Å². The zero-order valence-corrected chi connectivity index (χ0v) is 37.2. The van der Waals surface area contributed by atoms with Gasteiger partial charge in [-0.1, -0.05) is 151 Å². The average molecular weight is 871 g/mol. The topological polar surface area (TPSA) is 192 Å². The number of aromatic carboxylic acids is 1. The van der Waals surface area contributed by atoms with E-state index in [4.69, 9.17) is 23.2 Å². The predicted molar refractivity (Wildman–Crippen MR) is 235 cm³/mol. The van der Waals surface area contributed by atoms with Crippen molar-refractivity contribution in [3.63, 3.8) is 0 Å². The summed E-state index contributed by atoms with van der Waals surface area (Å²) in [6.07, 6.45) is 19.1. The van der Waals surface area contributed by atoms with Gasteiger partial charge in [-0.15, -0.1) is 0 Å². The molecule has 63 heavy (non-hydrogen) atoms. The van der Waals surface area contributed by atoms with Crippen LogP contribution >= 0.6 is 0 Å². The number of benzene rings is 2. The van der Waals surface area contributed by atoms with E-state index in [9.17, 15) is 24.3 Å². The van der Waals surface area contributed by atoms with E-state index >= 15 is 0 Å². The Morgan fingerprint density at radius 3 is 1.46 bits per heavy atom. The van der Waals surface area contributed by atoms with E-state index in [1.807, 2.05) is 60.7 Å². The maximum Gasteiger partial charge on any atom is 0.360 e. The lowest BCUT2D eigenvalue weighted by Crippen LogP contribution is -2.25. The van der Waals surface area contributed by atoms with E-state index in [1.54, 1.807) is 13.8 Å². The molecule has 0 spiro atoms. The summed E-state index contributed by atoms with van der Waals surface area (Å²) in [5, 5.41) is 9.29. The number of ether oxygens (including phenoxy) is 1. The summed E-state index contributed by atoms with van der Waals surface area (Å²) >= 11 is 0. The van der Waals surface area contributed by atoms with Crippen LogP contribution in [0.4, 0.5) is 0 Å². The molecular weight excluding hydrogens is 805 g/mol. The van der Waals surface area contributed by atoms with Gasteiger partial charge < -0.3 is 18.7 Å². The van der Waals surface area contributed by atoms with Crippen LogP contribution in [0.25, 0.3) is 0 Å². The van der Waals surface area contributed by atoms with Gasteiger partial charge in [-0.05, 0) is 49.7 Å². The Labute approximate surface area is 371 Å². The highest BCUT2D eigenvalue weighted by molar-refractivity contribution is 5.88. The van der Waals surface area contributed by atoms with Crippen molar-refractivity contribution in [3.05, 3.63) is 106 Å². The monoisotopic (exact) mass is 870 g/mol. The van der Waals surface area contributed by atoms with Crippen molar-refractivity contribution >= 4 is 23.8 Å². The molecule has 0 aliphatic heterocycles. The number of hydrogen-bond acceptors (Lipinski definition) is 11. The van der Waals surface area contributed by atoms with Crippen LogP contribution in [0, 0.1) is 25.7 Å². The van der Waals surface area contributed by atoms with Gasteiger partial charge in [0, 0.05) is 24.7 Å². The average Bonchev–Trinajstić information content (AvgIpc) is 3.89. The number of aromatic nitrogens is 2. The number of hydroxylamine groups is 2. The lowest BCUT2D eigenvalue weighted by Gasteiger charge is -2.22. The number of hydrogen-bond donors (Lipinski definition) is 3. The first-order chi connectivity index (χ1) is 30.6. The minimum Gasteiger partial charge on any atom is -0.476 e. The first-order valence-electron chi connectivity index (χ1n) is 22.7. The molecule has 2 atom stereocenters. The summed E-state index contributed by atoms with van der Waals surface area (Å²) in [6.45, 7) is 3.84. The van der Waals surface area contributed by atoms with E-state index in [2.05, 4.69) is 20.9 Å². The number of carboxylic acid groups (broad SMARTS) is 1. The molecule has 2 aliphatic rings. The summed E-state index contributed by atoms with van der Waals surface area (Å²) in [5.41, 5.74) is 7.03. The van der Waals surface area contributed by atoms with Gasteiger partial charge in [-0.3, -0.25) is 19.3 Å². The van der Waals surface area contributed by atoms with Gasteiger partial charge in [0.25, 0.3) is 0 Å². The van der Waals surface area contributed by atoms with Gasteiger partial charge >= 0.3 is 11.9 Å². The smallest absolute Gasteiger partial charge is 0.360 e. The Hall–Kier alpha value is -5.34. The fourth-order valence-corrected chi connectivity index (χ4v) is 8.63. The van der Waals surface area contributed by atoms with Gasteiger partial charge in [-0.25, -0.2) is 30.5 Å². The molecule has 0 saturated heterocycles. The maximum atomic E-state index is 12.6. The van der Waals surface area contributed by atoms with Crippen molar-refractivity contribution in [2.45, 2.75) is 154 Å². The fourth-order valence-electron chi connectivity index (χ4n) is 8.63. The lowest BCUT2D eigenvalue weighted by molar-refractivity contribution is -0.135. The van der Waals surface area contributed by atoms with Crippen LogP contribution < -0.4 is 11.0 Å². The Balaban J connectivity index is 0.000000238. The number of amides is 2. The molecule has 0 radical (unpaired) electrons. The van der Waals surface area contributed by atoms with Crippen molar-refractivity contribution in [3.8, 4) is 0 Å². The third kappa shape index (κ3) is 16.7. The number of carboxylic acids is 1. The number of nitrogens with zero attached hydrogens (tertiary/aromatic N) is 2. The molecule has 3 N–H and O–H groups in total. The zero-order valence-electron chi connectivity index (χ0n) is 37.2. The van der Waals surface area contributed by atoms with Crippen molar-refractivity contribution in [1.29, 1.82) is 0 Å². The molecule has 342 valence electrons. The molecule has 4 aromatic rings. The van der Waals surface area contributed by atoms with Crippen LogP contribution in [-0.4, -0.2) is 45.9 Å². The summed E-state index contributed by atoms with van der Waals surface area (Å²) in [5.74, 6) is 0.241. The number of carbonyl (C=O) groups is 4. The number of esters is 1. The number of oxazole rings is 2. The number of aryl methyl sites for hydroxylation is 2. The largest absolute Gasteiger partial charge is 0.476 e. The van der Waals surface area contributed by atoms with Gasteiger partial charge in [-0.2, -0.15) is 0 Å². The minimum atomic E-state index is -1.12. The van der Waals surface area contributed by atoms with Gasteiger partial charge in [0.1, 0.15) is 11.5 Å². The summed E-state index contributed by atoms with van der Waals surface area (Å²) in [7, 11) is 1.31. The van der Waals surface area contributed by atoms with E-state index < -0.39 is 11.9 Å². The molecule has 2 aliphatic carbocycles. The van der Waals surface area contributed by atoms with E-state index in [1.165, 1.54) is 71.3 Å². The zero-order chi connectivity index (χ0) is 44.8. The predicted octanol–water partition coefficient (Wildman–Crippen LogP) is 10.4. The van der Waals surface area contributed by atoms with E-state index in [0.29, 0.717) is 24.1 Å². The van der Waals surface area contributed by atoms with Crippen LogP contribution in [0.3, 0.4) is 0 Å². The molecule has 2 amide bonds. The lowest BCUT2D eigenvalue weighted by atomic mass is 9.84. The summed E-state index contributed by atoms with van der Waals surface area (Å²) in [6, 6.07) is 19.2. The Morgan fingerprint density at radius 1 is 0.651 bits per heavy atom. The summed E-state index contributed by atoms with van der Waals surface area (Å²) < 4.78 is 16.2. The van der Waals surface area contributed by atoms with Crippen molar-refractivity contribution in [1.82, 2.24) is 20.9 Å². The first-order valence-corrected chi connectivity index (χ1v) is 22.7. The molecule has 2 saturated carbocycles. The molecule has 14 nitrogen and oxygen atoms in total. The van der Waals surface area contributed by atoms with Crippen LogP contribution in [-0.2, 0) is 37.2 Å². The number of rotatable bonds is 22. The van der Waals surface area contributed by atoms with Crippen molar-refractivity contribution < 1.29 is 47.5 Å². The third-order valence-corrected chi connectivity index (χ3v) is 12.1. The van der Waals surface area contributed by atoms with Gasteiger partial charge in [0.05, 0.1) is 20.3 Å². The number of nitrogens with one attached hydrogen (secondary N) is 2. The second kappa shape index (κ2) is 26.3. The molecule has 2 aromatic carbocycles. The molecule has 6 rings (SSSR count). The SMILES string of the molecule is COC(=O)c1nc([C@H](CCCC2CCCCC2)CC(=O)NOCc2ccccc2)oc1C.Cc1oc([C@H](CCCC2CCCCC2)CC(=O)NOCc2ccccc2)nc1C(=O)O. The number of methoxy groups -OCH3 is 1. The molecule has 0 bridgehead atoms. The molecule has 14 heteroatoms. The van der Waals surface area contributed by atoms with Crippen LogP contribution in [0.1, 0.15) is 183 Å². The van der Waals surface area contributed by atoms with Crippen molar-refractivity contribution in [2.24, 2.45) is 11.8 Å². The van der Waals surface area contributed by atoms with Crippen LogP contribution in [0.2, 0.25) is 0 Å². The van der Waals surface area contributed by atoms with E-state index in [0.717, 1.165) is 61.5 Å². The highest BCUT2D eigenvalue weighted by Crippen LogP contribution is 2.34. The second-order valence-electron chi connectivity index (χ2n) is 17.0. The number of carbonyl (C=O) groups excluding carboxylic acids is 3. The maximum absolute atomic E-state index is 12.6. The van der Waals surface area contributed by atoms with Crippen LogP contribution in [0.15, 0.2) is 69.5 Å². The van der Waals surface area contributed by atoms with Crippen LogP contribution in [0.5, 0.6) is 0 Å². The molecule has 2 aromatic heterocycles. The minimum absolute atomic E-state index is 0.0898. The van der Waals surface area contributed by atoms with E-state index in [-0.39, 0.29) is 60.2 Å². The summed E-state index contributed by atoms with van der Waals surface area (Å²) in [4.78, 5) is 67.6. The molecular formula is C49H66N4O10. The normalized spacial score (nSPS) is 15.4.